The van der Waals surface area contributed by atoms with Crippen molar-refractivity contribution in [1.29, 1.82) is 0 Å². The van der Waals surface area contributed by atoms with Crippen molar-refractivity contribution in [1.82, 2.24) is 0 Å². The Balaban J connectivity index is 1.89. The summed E-state index contributed by atoms with van der Waals surface area (Å²) in [6, 6.07) is 11.6. The molecular weight excluding hydrogens is 289 g/mol. The summed E-state index contributed by atoms with van der Waals surface area (Å²) in [5, 5.41) is 0. The van der Waals surface area contributed by atoms with E-state index in [4.69, 9.17) is 16.5 Å². The molecule has 0 aliphatic rings. The molecule has 1 aromatic carbocycles. The minimum Gasteiger partial charge on any atom is -0.449 e. The van der Waals surface area contributed by atoms with Gasteiger partial charge >= 0.3 is 0 Å². The van der Waals surface area contributed by atoms with E-state index in [0.717, 1.165) is 16.5 Å². The molecule has 0 N–H and O–H groups in total. The van der Waals surface area contributed by atoms with Gasteiger partial charge in [-0.3, -0.25) is 0 Å². The summed E-state index contributed by atoms with van der Waals surface area (Å²) in [5.74, 6) is 0. The first-order valence-electron chi connectivity index (χ1n) is 5.19. The first-order chi connectivity index (χ1) is 7.93. The maximum atomic E-state index is 5.61. The van der Waals surface area contributed by atoms with Crippen molar-refractivity contribution in [3.05, 3.63) is 35.9 Å². The lowest BCUT2D eigenvalue weighted by Crippen LogP contribution is -2.16. The highest BCUT2D eigenvalue weighted by molar-refractivity contribution is 6.46. The number of rotatable bonds is 9. The third-order valence-electron chi connectivity index (χ3n) is 1.91. The van der Waals surface area contributed by atoms with Gasteiger partial charge in [0.15, 0.2) is 9.76 Å². The van der Waals surface area contributed by atoms with Gasteiger partial charge in [-0.1, -0.05) is 30.3 Å². The molecule has 16 heavy (non-hydrogen) atoms. The maximum Gasteiger partial charge on any atom is 0.286 e. The van der Waals surface area contributed by atoms with Crippen LogP contribution >= 0.6 is 0 Å². The zero-order chi connectivity index (χ0) is 11.5. The molecule has 1 aromatic rings. The molecule has 0 aliphatic carbocycles. The Bertz CT molecular complexity index is 262. The topological polar surface area (TPSA) is 36.9 Å². The lowest BCUT2D eigenvalue weighted by molar-refractivity contribution is 0.407. The molecule has 0 aliphatic heterocycles. The molecule has 1 rings (SSSR count). The quantitative estimate of drug-likeness (QED) is 0.352. The first-order valence-corrected chi connectivity index (χ1v) is 11.1. The van der Waals surface area contributed by atoms with Gasteiger partial charge in [-0.25, -0.2) is 0 Å². The number of hydrogen-bond acceptors (Lipinski definition) is 4. The molecule has 0 heterocycles. The summed E-state index contributed by atoms with van der Waals surface area (Å²) in [6.07, 6.45) is 0. The van der Waals surface area contributed by atoms with Crippen LogP contribution in [0.4, 0.5) is 0 Å². The molecule has 0 bridgehead atoms. The number of hydrogen-bond donors (Lipinski definition) is 0. The van der Waals surface area contributed by atoms with Crippen LogP contribution in [0, 0.1) is 0 Å². The van der Waals surface area contributed by atoms with E-state index in [1.807, 2.05) is 6.07 Å². The minimum absolute atomic E-state index is 0.436. The van der Waals surface area contributed by atoms with Gasteiger partial charge in [0.2, 0.25) is 0 Å². The van der Waals surface area contributed by atoms with Gasteiger partial charge in [-0.15, -0.1) is 0 Å². The van der Waals surface area contributed by atoms with Gasteiger partial charge in [0.1, 0.15) is 10.5 Å². The molecule has 9 heteroatoms. The monoisotopic (exact) mass is 306 g/mol. The average molecular weight is 307 g/mol. The molecule has 0 amide bonds. The molecule has 0 spiro atoms. The van der Waals surface area contributed by atoms with E-state index in [9.17, 15) is 0 Å². The van der Waals surface area contributed by atoms with Crippen LogP contribution in [0.15, 0.2) is 30.3 Å². The van der Waals surface area contributed by atoms with Gasteiger partial charge in [0.25, 0.3) is 30.0 Å². The van der Waals surface area contributed by atoms with Crippen LogP contribution < -0.4 is 0 Å². The van der Waals surface area contributed by atoms with Gasteiger partial charge in [-0.05, 0) is 11.6 Å². The largest absolute Gasteiger partial charge is 0.449 e. The van der Waals surface area contributed by atoms with Gasteiger partial charge < -0.3 is 16.5 Å². The van der Waals surface area contributed by atoms with Crippen LogP contribution in [0.3, 0.4) is 0 Å². The molecular formula is C7H18O4Si5. The molecule has 0 atom stereocenters. The lowest BCUT2D eigenvalue weighted by atomic mass is 10.2. The zero-order valence-corrected chi connectivity index (χ0v) is 17.2. The molecule has 0 radical (unpaired) electrons. The van der Waals surface area contributed by atoms with Crippen molar-refractivity contribution >= 4 is 50.3 Å². The molecule has 0 aromatic heterocycles. The predicted molar refractivity (Wildman–Crippen MR) is 78.6 cm³/mol. The maximum absolute atomic E-state index is 5.61. The van der Waals surface area contributed by atoms with Gasteiger partial charge in [0.05, 0.1) is 0 Å². The second kappa shape index (κ2) is 10.3. The summed E-state index contributed by atoms with van der Waals surface area (Å²) in [5.41, 5.74) is 1.37. The van der Waals surface area contributed by atoms with E-state index in [2.05, 4.69) is 24.3 Å². The zero-order valence-electron chi connectivity index (χ0n) is 9.56. The molecule has 0 saturated heterocycles. The van der Waals surface area contributed by atoms with Gasteiger partial charge in [0, 0.05) is 0 Å². The lowest BCUT2D eigenvalue weighted by Gasteiger charge is -2.05. The highest BCUT2D eigenvalue weighted by Crippen LogP contribution is 1.97. The average Bonchev–Trinajstić information content (AvgIpc) is 2.34. The second-order valence-electron chi connectivity index (χ2n) is 3.19. The highest BCUT2D eigenvalue weighted by Gasteiger charge is 1.94. The SMILES string of the molecule is [SiH3]O[SiH2]O[SiH2]O[SiH2]O[SiH2]Cc1ccccc1. The fourth-order valence-corrected chi connectivity index (χ4v) is 8.56. The smallest absolute Gasteiger partial charge is 0.286 e. The Labute approximate surface area is 109 Å². The molecule has 4 nitrogen and oxygen atoms in total. The molecule has 90 valence electrons. The minimum atomic E-state index is -0.773. The van der Waals surface area contributed by atoms with Crippen molar-refractivity contribution in [2.75, 3.05) is 0 Å². The van der Waals surface area contributed by atoms with E-state index in [1.165, 1.54) is 5.56 Å². The van der Waals surface area contributed by atoms with E-state index in [0.29, 0.717) is 0 Å². The molecule has 0 unspecified atom stereocenters. The van der Waals surface area contributed by atoms with Crippen LogP contribution in [-0.4, -0.2) is 50.3 Å². The Morgan fingerprint density at radius 2 is 1.62 bits per heavy atom. The first kappa shape index (κ1) is 14.2. The third kappa shape index (κ3) is 7.42. The summed E-state index contributed by atoms with van der Waals surface area (Å²) < 4.78 is 21.3. The van der Waals surface area contributed by atoms with E-state index < -0.39 is 39.8 Å². The third-order valence-corrected chi connectivity index (χ3v) is 8.12. The number of benzene rings is 1. The Hall–Kier alpha value is 0.144. The fourth-order valence-electron chi connectivity index (χ4n) is 1.16. The molecule has 0 fully saturated rings. The normalized spacial score (nSPS) is 13.8. The van der Waals surface area contributed by atoms with E-state index >= 15 is 0 Å². The molecule has 0 saturated carbocycles. The highest BCUT2D eigenvalue weighted by atomic mass is 28.4. The Morgan fingerprint density at radius 1 is 0.938 bits per heavy atom. The van der Waals surface area contributed by atoms with E-state index in [-0.39, 0.29) is 0 Å². The summed E-state index contributed by atoms with van der Waals surface area (Å²) in [7, 11) is -1.86. The van der Waals surface area contributed by atoms with E-state index in [1.54, 1.807) is 0 Å². The second-order valence-corrected chi connectivity index (χ2v) is 12.0. The van der Waals surface area contributed by atoms with Crippen LogP contribution in [0.2, 0.25) is 0 Å². The summed E-state index contributed by atoms with van der Waals surface area (Å²) in [6.45, 7) is 0. The Morgan fingerprint density at radius 3 is 2.38 bits per heavy atom. The summed E-state index contributed by atoms with van der Waals surface area (Å²) in [4.78, 5) is 0. The standard InChI is InChI=1S/C7H18O4Si5/c12-8-14-10-16-11-15-9-13-6-7-4-2-1-3-5-7/h1-5H,6,13-16H2,12H3. The van der Waals surface area contributed by atoms with Crippen LogP contribution in [0.1, 0.15) is 5.56 Å². The van der Waals surface area contributed by atoms with Crippen molar-refractivity contribution in [3.63, 3.8) is 0 Å². The predicted octanol–water partition coefficient (Wildman–Crippen LogP) is -3.39. The van der Waals surface area contributed by atoms with Crippen LogP contribution in [0.25, 0.3) is 0 Å². The van der Waals surface area contributed by atoms with Crippen molar-refractivity contribution in [2.45, 2.75) is 6.04 Å². The fraction of sp³-hybridized carbons (Fsp3) is 0.143. The van der Waals surface area contributed by atoms with Crippen molar-refractivity contribution in [2.24, 2.45) is 0 Å². The van der Waals surface area contributed by atoms with Crippen LogP contribution in [0.5, 0.6) is 0 Å². The van der Waals surface area contributed by atoms with Crippen LogP contribution in [-0.2, 0) is 22.5 Å². The van der Waals surface area contributed by atoms with Crippen molar-refractivity contribution in [3.8, 4) is 0 Å². The van der Waals surface area contributed by atoms with Gasteiger partial charge in [-0.2, -0.15) is 0 Å². The van der Waals surface area contributed by atoms with Crippen molar-refractivity contribution < 1.29 is 16.5 Å². The summed E-state index contributed by atoms with van der Waals surface area (Å²) >= 11 is 0. The Kier molecular flexibility index (Phi) is 9.15.